The summed E-state index contributed by atoms with van der Waals surface area (Å²) >= 11 is 0. The molecule has 0 aromatic carbocycles. The van der Waals surface area contributed by atoms with Crippen molar-refractivity contribution >= 4 is 0 Å². The first-order chi connectivity index (χ1) is 4.43. The Balaban J connectivity index is 2.08. The zero-order chi connectivity index (χ0) is 6.53. The van der Waals surface area contributed by atoms with Gasteiger partial charge in [0.25, 0.3) is 0 Å². The molecule has 2 nitrogen and oxygen atoms in total. The van der Waals surface area contributed by atoms with Crippen molar-refractivity contribution in [1.29, 1.82) is 0 Å². The molecule has 9 heavy (non-hydrogen) atoms. The molecular weight excluding hydrogens is 112 g/mol. The molecule has 1 fully saturated rings. The van der Waals surface area contributed by atoms with Crippen LogP contribution in [0.5, 0.6) is 0 Å². The predicted molar refractivity (Wildman–Crippen MR) is 39.3 cm³/mol. The molecule has 0 spiro atoms. The highest BCUT2D eigenvalue weighted by Gasteiger charge is 2.08. The van der Waals surface area contributed by atoms with Gasteiger partial charge >= 0.3 is 0 Å². The van der Waals surface area contributed by atoms with E-state index >= 15 is 0 Å². The Morgan fingerprint density at radius 2 is 2.33 bits per heavy atom. The predicted octanol–water partition coefficient (Wildman–Crippen LogP) is 0.162. The summed E-state index contributed by atoms with van der Waals surface area (Å²) in [4.78, 5) is 0. The highest BCUT2D eigenvalue weighted by molar-refractivity contribution is 4.74. The molecule has 2 heteroatoms. The number of piperazine rings is 1. The molecule has 1 unspecified atom stereocenters. The van der Waals surface area contributed by atoms with Gasteiger partial charge in [0.15, 0.2) is 0 Å². The monoisotopic (exact) mass is 127 g/mol. The van der Waals surface area contributed by atoms with Crippen LogP contribution in [0.4, 0.5) is 0 Å². The summed E-state index contributed by atoms with van der Waals surface area (Å²) < 4.78 is 0. The maximum Gasteiger partial charge on any atom is 0.0193 e. The minimum absolute atomic E-state index is 0.677. The van der Waals surface area contributed by atoms with E-state index < -0.39 is 0 Å². The number of hydrogen-bond acceptors (Lipinski definition) is 2. The van der Waals surface area contributed by atoms with Crippen LogP contribution < -0.4 is 10.6 Å². The van der Waals surface area contributed by atoms with Crippen LogP contribution in [0.25, 0.3) is 0 Å². The second-order valence-electron chi connectivity index (χ2n) is 2.50. The van der Waals surface area contributed by atoms with Gasteiger partial charge in [-0.15, -0.1) is 0 Å². The van der Waals surface area contributed by atoms with Crippen molar-refractivity contribution in [3.8, 4) is 0 Å². The van der Waals surface area contributed by atoms with E-state index in [0.29, 0.717) is 6.04 Å². The summed E-state index contributed by atoms with van der Waals surface area (Å²) in [5.74, 6) is 0. The first kappa shape index (κ1) is 7.03. The van der Waals surface area contributed by atoms with E-state index in [4.69, 9.17) is 0 Å². The molecule has 1 atom stereocenters. The lowest BCUT2D eigenvalue weighted by atomic mass is 10.1. The topological polar surface area (TPSA) is 24.1 Å². The highest BCUT2D eigenvalue weighted by Crippen LogP contribution is 1.96. The Bertz CT molecular complexity index is 64.6. The maximum atomic E-state index is 3.81. The van der Waals surface area contributed by atoms with Crippen molar-refractivity contribution in [3.63, 3.8) is 0 Å². The van der Waals surface area contributed by atoms with Gasteiger partial charge in [0, 0.05) is 25.7 Å². The lowest BCUT2D eigenvalue weighted by Crippen LogP contribution is -2.48. The summed E-state index contributed by atoms with van der Waals surface area (Å²) in [6.45, 7) is 7.17. The van der Waals surface area contributed by atoms with Crippen LogP contribution in [-0.4, -0.2) is 25.7 Å². The minimum atomic E-state index is 0.677. The first-order valence-corrected chi connectivity index (χ1v) is 3.67. The number of hydrogen-bond donors (Lipinski definition) is 2. The van der Waals surface area contributed by atoms with Crippen LogP contribution in [0.2, 0.25) is 0 Å². The standard InChI is InChI=1S/C7H15N2/c1-2-3-7-6-8-4-5-9-7/h7-9H,1-6H2. The molecule has 1 heterocycles. The largest absolute Gasteiger partial charge is 0.314 e. The van der Waals surface area contributed by atoms with Gasteiger partial charge in [-0.25, -0.2) is 0 Å². The van der Waals surface area contributed by atoms with E-state index in [9.17, 15) is 0 Å². The average molecular weight is 127 g/mol. The van der Waals surface area contributed by atoms with Crippen molar-refractivity contribution < 1.29 is 0 Å². The van der Waals surface area contributed by atoms with Crippen molar-refractivity contribution in [2.24, 2.45) is 0 Å². The molecule has 0 saturated carbocycles. The van der Waals surface area contributed by atoms with E-state index in [1.54, 1.807) is 0 Å². The van der Waals surface area contributed by atoms with Gasteiger partial charge in [-0.1, -0.05) is 13.3 Å². The minimum Gasteiger partial charge on any atom is -0.314 e. The van der Waals surface area contributed by atoms with E-state index in [-0.39, 0.29) is 0 Å². The van der Waals surface area contributed by atoms with Crippen LogP contribution in [0, 0.1) is 6.92 Å². The quantitative estimate of drug-likeness (QED) is 0.552. The second kappa shape index (κ2) is 3.85. The molecular formula is C7H15N2. The molecule has 1 radical (unpaired) electrons. The van der Waals surface area contributed by atoms with E-state index in [2.05, 4.69) is 17.6 Å². The van der Waals surface area contributed by atoms with Crippen molar-refractivity contribution in [2.45, 2.75) is 18.9 Å². The third-order valence-electron chi connectivity index (χ3n) is 1.68. The third-order valence-corrected chi connectivity index (χ3v) is 1.68. The van der Waals surface area contributed by atoms with Crippen LogP contribution in [0.1, 0.15) is 12.8 Å². The molecule has 0 aliphatic carbocycles. The lowest BCUT2D eigenvalue weighted by molar-refractivity contribution is 0.401. The molecule has 1 aliphatic heterocycles. The summed E-state index contributed by atoms with van der Waals surface area (Å²) in [6, 6.07) is 0.677. The van der Waals surface area contributed by atoms with Gasteiger partial charge < -0.3 is 10.6 Å². The summed E-state index contributed by atoms with van der Waals surface area (Å²) in [6.07, 6.45) is 2.24. The zero-order valence-corrected chi connectivity index (χ0v) is 5.82. The molecule has 2 N–H and O–H groups in total. The van der Waals surface area contributed by atoms with Gasteiger partial charge in [-0.2, -0.15) is 0 Å². The first-order valence-electron chi connectivity index (χ1n) is 3.67. The fourth-order valence-corrected chi connectivity index (χ4v) is 1.16. The van der Waals surface area contributed by atoms with Gasteiger partial charge in [-0.05, 0) is 6.42 Å². The van der Waals surface area contributed by atoms with Gasteiger partial charge in [-0.3, -0.25) is 0 Å². The van der Waals surface area contributed by atoms with Gasteiger partial charge in [0.2, 0.25) is 0 Å². The van der Waals surface area contributed by atoms with E-state index in [1.807, 2.05) is 0 Å². The van der Waals surface area contributed by atoms with Crippen LogP contribution in [0.15, 0.2) is 0 Å². The summed E-state index contributed by atoms with van der Waals surface area (Å²) in [5.41, 5.74) is 0. The Hall–Kier alpha value is -0.0800. The summed E-state index contributed by atoms with van der Waals surface area (Å²) in [7, 11) is 0. The highest BCUT2D eigenvalue weighted by atomic mass is 15.0. The zero-order valence-electron chi connectivity index (χ0n) is 5.82. The van der Waals surface area contributed by atoms with Crippen molar-refractivity contribution in [2.75, 3.05) is 19.6 Å². The maximum absolute atomic E-state index is 3.81. The number of rotatable bonds is 2. The van der Waals surface area contributed by atoms with Crippen LogP contribution in [0.3, 0.4) is 0 Å². The molecule has 1 saturated heterocycles. The van der Waals surface area contributed by atoms with Crippen molar-refractivity contribution in [1.82, 2.24) is 10.6 Å². The van der Waals surface area contributed by atoms with Crippen LogP contribution >= 0.6 is 0 Å². The third kappa shape index (κ3) is 2.33. The fourth-order valence-electron chi connectivity index (χ4n) is 1.16. The van der Waals surface area contributed by atoms with Crippen LogP contribution in [-0.2, 0) is 0 Å². The molecule has 0 aromatic heterocycles. The molecule has 1 aliphatic rings. The van der Waals surface area contributed by atoms with Crippen molar-refractivity contribution in [3.05, 3.63) is 6.92 Å². The van der Waals surface area contributed by atoms with E-state index in [1.165, 1.54) is 6.42 Å². The Kier molecular flexibility index (Phi) is 3.01. The SMILES string of the molecule is [CH2]CCC1CNCCN1. The fraction of sp³-hybridized carbons (Fsp3) is 0.857. The molecule has 0 aromatic rings. The van der Waals surface area contributed by atoms with Gasteiger partial charge in [0.05, 0.1) is 0 Å². The average Bonchev–Trinajstić information content (AvgIpc) is 1.91. The molecule has 0 amide bonds. The normalized spacial score (nSPS) is 28.3. The smallest absolute Gasteiger partial charge is 0.0193 e. The Morgan fingerprint density at radius 3 is 2.89 bits per heavy atom. The second-order valence-corrected chi connectivity index (χ2v) is 2.50. The molecule has 1 rings (SSSR count). The Labute approximate surface area is 57.0 Å². The molecule has 53 valence electrons. The summed E-state index contributed by atoms with van der Waals surface area (Å²) in [5, 5.41) is 6.75. The molecule has 0 bridgehead atoms. The van der Waals surface area contributed by atoms with Gasteiger partial charge in [0.1, 0.15) is 0 Å². The number of nitrogens with one attached hydrogen (secondary N) is 2. The van der Waals surface area contributed by atoms with E-state index in [0.717, 1.165) is 26.1 Å². The Morgan fingerprint density at radius 1 is 1.44 bits per heavy atom. The lowest BCUT2D eigenvalue weighted by Gasteiger charge is -2.23.